The van der Waals surface area contributed by atoms with Crippen LogP contribution >= 0.6 is 23.2 Å². The van der Waals surface area contributed by atoms with Gasteiger partial charge < -0.3 is 19.7 Å². The molecule has 0 spiro atoms. The Morgan fingerprint density at radius 1 is 0.600 bits per heavy atom. The molecular weight excluding hydrogens is 491 g/mol. The fraction of sp³-hybridized carbons (Fsp3) is 0.0370. The zero-order chi connectivity index (χ0) is 24.9. The van der Waals surface area contributed by atoms with E-state index in [1.165, 1.54) is 24.3 Å². The number of carboxylic acids is 2. The molecule has 0 saturated heterocycles. The van der Waals surface area contributed by atoms with E-state index in [1.54, 1.807) is 48.5 Å². The summed E-state index contributed by atoms with van der Waals surface area (Å²) in [5.74, 6) is -0.154. The van der Waals surface area contributed by atoms with Crippen LogP contribution in [0, 0.1) is 0 Å². The number of aromatic carboxylic acids is 2. The van der Waals surface area contributed by atoms with Crippen LogP contribution in [0.15, 0.2) is 84.9 Å². The van der Waals surface area contributed by atoms with Crippen LogP contribution in [0.5, 0.6) is 23.0 Å². The lowest BCUT2D eigenvalue weighted by Crippen LogP contribution is -1.96. The summed E-state index contributed by atoms with van der Waals surface area (Å²) in [5, 5.41) is 18.8. The first-order valence-corrected chi connectivity index (χ1v) is 11.1. The Bertz CT molecular complexity index is 1280. The Labute approximate surface area is 210 Å². The van der Waals surface area contributed by atoms with Crippen molar-refractivity contribution in [3.05, 3.63) is 117 Å². The molecule has 0 fully saturated rings. The number of benzene rings is 4. The third-order valence-electron chi connectivity index (χ3n) is 5.06. The predicted octanol–water partition coefficient (Wildman–Crippen LogP) is 7.57. The summed E-state index contributed by atoms with van der Waals surface area (Å²) in [7, 11) is 0. The maximum Gasteiger partial charge on any atom is 0.335 e. The van der Waals surface area contributed by atoms with Gasteiger partial charge in [0.15, 0.2) is 0 Å². The van der Waals surface area contributed by atoms with E-state index in [1.807, 2.05) is 12.1 Å². The summed E-state index contributed by atoms with van der Waals surface area (Å²) in [5.41, 5.74) is 2.23. The first-order chi connectivity index (χ1) is 16.8. The highest BCUT2D eigenvalue weighted by Gasteiger charge is 2.10. The van der Waals surface area contributed by atoms with Crippen LogP contribution in [0.1, 0.15) is 31.8 Å². The van der Waals surface area contributed by atoms with Crippen molar-refractivity contribution in [2.24, 2.45) is 0 Å². The van der Waals surface area contributed by atoms with Crippen LogP contribution < -0.4 is 9.47 Å². The molecule has 0 aliphatic heterocycles. The van der Waals surface area contributed by atoms with Crippen LogP contribution in [0.2, 0.25) is 10.0 Å². The van der Waals surface area contributed by atoms with Crippen LogP contribution in [0.25, 0.3) is 0 Å². The largest absolute Gasteiger partial charge is 0.478 e. The number of rotatable bonds is 8. The van der Waals surface area contributed by atoms with Crippen molar-refractivity contribution >= 4 is 35.1 Å². The lowest BCUT2D eigenvalue weighted by molar-refractivity contribution is 0.0686. The molecule has 0 saturated carbocycles. The van der Waals surface area contributed by atoms with E-state index < -0.39 is 11.9 Å². The van der Waals surface area contributed by atoms with Crippen molar-refractivity contribution in [3.63, 3.8) is 0 Å². The molecule has 0 heterocycles. The fourth-order valence-electron chi connectivity index (χ4n) is 3.29. The van der Waals surface area contributed by atoms with Gasteiger partial charge in [-0.1, -0.05) is 35.3 Å². The molecule has 0 bridgehead atoms. The number of ether oxygens (including phenoxy) is 2. The molecule has 0 aliphatic carbocycles. The maximum atomic E-state index is 11.0. The van der Waals surface area contributed by atoms with Gasteiger partial charge in [0.05, 0.1) is 21.2 Å². The average Bonchev–Trinajstić information content (AvgIpc) is 2.83. The van der Waals surface area contributed by atoms with Gasteiger partial charge in [-0.25, -0.2) is 9.59 Å². The van der Waals surface area contributed by atoms with Gasteiger partial charge in [-0.3, -0.25) is 0 Å². The molecule has 35 heavy (non-hydrogen) atoms. The van der Waals surface area contributed by atoms with Gasteiger partial charge in [0.25, 0.3) is 0 Å². The summed E-state index contributed by atoms with van der Waals surface area (Å²) in [6.45, 7) is 0. The first-order valence-electron chi connectivity index (χ1n) is 10.4. The Hall–Kier alpha value is -4.00. The van der Waals surface area contributed by atoms with Crippen molar-refractivity contribution in [3.8, 4) is 23.0 Å². The van der Waals surface area contributed by atoms with E-state index >= 15 is 0 Å². The number of carboxylic acid groups (broad SMARTS) is 2. The standard InChI is InChI=1S/C27H18Cl2O6/c28-22-14-16(1-11-24(22)34-20-7-3-18(4-8-20)26(30)31)13-17-2-12-25(23(29)15-17)35-21-9-5-19(6-10-21)27(32)33/h1-12,14-15H,13H2,(H,30,31)(H,32,33). The van der Waals surface area contributed by atoms with Crippen LogP contribution in [0.4, 0.5) is 0 Å². The van der Waals surface area contributed by atoms with Gasteiger partial charge in [-0.15, -0.1) is 0 Å². The zero-order valence-electron chi connectivity index (χ0n) is 18.1. The highest BCUT2D eigenvalue weighted by molar-refractivity contribution is 6.32. The number of hydrogen-bond acceptors (Lipinski definition) is 4. The number of carbonyl (C=O) groups is 2. The molecule has 0 unspecified atom stereocenters. The van der Waals surface area contributed by atoms with Gasteiger partial charge in [-0.05, 0) is 90.3 Å². The molecular formula is C27H18Cl2O6. The summed E-state index contributed by atoms with van der Waals surface area (Å²) in [6.07, 6.45) is 0.570. The molecule has 0 aromatic heterocycles. The lowest BCUT2D eigenvalue weighted by atomic mass is 10.0. The molecule has 0 aliphatic rings. The maximum absolute atomic E-state index is 11.0. The van der Waals surface area contributed by atoms with E-state index in [9.17, 15) is 9.59 Å². The third-order valence-corrected chi connectivity index (χ3v) is 5.65. The quantitative estimate of drug-likeness (QED) is 0.255. The Kier molecular flexibility index (Phi) is 7.25. The third kappa shape index (κ3) is 6.12. The van der Waals surface area contributed by atoms with E-state index in [2.05, 4.69) is 0 Å². The van der Waals surface area contributed by atoms with Gasteiger partial charge >= 0.3 is 11.9 Å². The van der Waals surface area contributed by atoms with Crippen LogP contribution in [0.3, 0.4) is 0 Å². The minimum Gasteiger partial charge on any atom is -0.478 e. The van der Waals surface area contributed by atoms with E-state index in [0.717, 1.165) is 11.1 Å². The monoisotopic (exact) mass is 508 g/mol. The predicted molar refractivity (Wildman–Crippen MR) is 133 cm³/mol. The Balaban J connectivity index is 1.42. The normalized spacial score (nSPS) is 10.6. The van der Waals surface area contributed by atoms with Gasteiger partial charge in [0.2, 0.25) is 0 Å². The SMILES string of the molecule is O=C(O)c1ccc(Oc2ccc(Cc3ccc(Oc4ccc(C(=O)O)cc4)c(Cl)c3)cc2Cl)cc1. The van der Waals surface area contributed by atoms with Crippen LogP contribution in [-0.4, -0.2) is 22.2 Å². The summed E-state index contributed by atoms with van der Waals surface area (Å²) in [4.78, 5) is 21.9. The molecule has 4 rings (SSSR count). The van der Waals surface area contributed by atoms with Crippen molar-refractivity contribution < 1.29 is 29.3 Å². The lowest BCUT2D eigenvalue weighted by Gasteiger charge is -2.11. The average molecular weight is 509 g/mol. The molecule has 0 atom stereocenters. The summed E-state index contributed by atoms with van der Waals surface area (Å²) >= 11 is 12.8. The zero-order valence-corrected chi connectivity index (χ0v) is 19.6. The molecule has 8 heteroatoms. The Morgan fingerprint density at radius 3 is 1.29 bits per heavy atom. The van der Waals surface area contributed by atoms with Gasteiger partial charge in [-0.2, -0.15) is 0 Å². The first kappa shape index (κ1) is 24.1. The van der Waals surface area contributed by atoms with Crippen molar-refractivity contribution in [2.45, 2.75) is 6.42 Å². The van der Waals surface area contributed by atoms with E-state index in [4.69, 9.17) is 42.9 Å². The molecule has 0 amide bonds. The molecule has 4 aromatic rings. The van der Waals surface area contributed by atoms with E-state index in [-0.39, 0.29) is 11.1 Å². The Morgan fingerprint density at radius 2 is 0.971 bits per heavy atom. The molecule has 176 valence electrons. The second-order valence-corrected chi connectivity index (χ2v) is 8.38. The second kappa shape index (κ2) is 10.5. The smallest absolute Gasteiger partial charge is 0.335 e. The summed E-state index contributed by atoms with van der Waals surface area (Å²) in [6, 6.07) is 23.0. The highest BCUT2D eigenvalue weighted by Crippen LogP contribution is 2.33. The topological polar surface area (TPSA) is 93.1 Å². The van der Waals surface area contributed by atoms with Gasteiger partial charge in [0, 0.05) is 0 Å². The van der Waals surface area contributed by atoms with Crippen molar-refractivity contribution in [1.82, 2.24) is 0 Å². The van der Waals surface area contributed by atoms with Crippen molar-refractivity contribution in [2.75, 3.05) is 0 Å². The summed E-state index contributed by atoms with van der Waals surface area (Å²) < 4.78 is 11.5. The molecule has 6 nitrogen and oxygen atoms in total. The minimum absolute atomic E-state index is 0.171. The fourth-order valence-corrected chi connectivity index (χ4v) is 3.78. The minimum atomic E-state index is -1.01. The van der Waals surface area contributed by atoms with Crippen molar-refractivity contribution in [1.29, 1.82) is 0 Å². The number of halogens is 2. The van der Waals surface area contributed by atoms with Crippen LogP contribution in [-0.2, 0) is 6.42 Å². The number of hydrogen-bond donors (Lipinski definition) is 2. The molecule has 4 aromatic carbocycles. The molecule has 0 radical (unpaired) electrons. The molecule has 2 N–H and O–H groups in total. The van der Waals surface area contributed by atoms with Gasteiger partial charge in [0.1, 0.15) is 23.0 Å². The second-order valence-electron chi connectivity index (χ2n) is 7.57. The van der Waals surface area contributed by atoms with E-state index in [0.29, 0.717) is 39.5 Å². The highest BCUT2D eigenvalue weighted by atomic mass is 35.5.